The highest BCUT2D eigenvalue weighted by molar-refractivity contribution is 6.74. The van der Waals surface area contributed by atoms with E-state index in [-0.39, 0.29) is 34.9 Å². The van der Waals surface area contributed by atoms with E-state index in [9.17, 15) is 9.90 Å². The minimum absolute atomic E-state index is 0.0409. The van der Waals surface area contributed by atoms with Crippen LogP contribution in [0.4, 0.5) is 0 Å². The van der Waals surface area contributed by atoms with Crippen molar-refractivity contribution in [1.29, 1.82) is 0 Å². The van der Waals surface area contributed by atoms with Crippen LogP contribution in [0.2, 0.25) is 18.1 Å². The summed E-state index contributed by atoms with van der Waals surface area (Å²) in [6, 6.07) is 10.2. The molecule has 0 spiro atoms. The number of aliphatic hydroxyl groups is 1. The molecule has 1 heterocycles. The molecule has 0 bridgehead atoms. The molecule has 4 nitrogen and oxygen atoms in total. The van der Waals surface area contributed by atoms with E-state index in [0.717, 1.165) is 49.7 Å². The quantitative estimate of drug-likeness (QED) is 0.228. The molecule has 0 saturated heterocycles. The van der Waals surface area contributed by atoms with Gasteiger partial charge in [0.05, 0.1) is 0 Å². The normalized spacial score (nSPS) is 39.8. The fraction of sp³-hybridized carbons (Fsp3) is 0.686. The molecule has 5 rings (SSSR count). The van der Waals surface area contributed by atoms with Crippen molar-refractivity contribution in [3.8, 4) is 0 Å². The van der Waals surface area contributed by atoms with Crippen LogP contribution in [0.5, 0.6) is 0 Å². The van der Waals surface area contributed by atoms with Gasteiger partial charge in [-0.25, -0.2) is 0 Å². The van der Waals surface area contributed by atoms with Crippen LogP contribution in [-0.4, -0.2) is 31.6 Å². The lowest BCUT2D eigenvalue weighted by Gasteiger charge is -2.39. The van der Waals surface area contributed by atoms with Crippen molar-refractivity contribution in [3.63, 3.8) is 0 Å². The summed E-state index contributed by atoms with van der Waals surface area (Å²) in [4.78, 5) is 13.4. The van der Waals surface area contributed by atoms with Crippen molar-refractivity contribution in [2.45, 2.75) is 116 Å². The molecule has 0 unspecified atom stereocenters. The molecule has 1 aromatic rings. The number of ether oxygens (including phenoxy) is 1. The third-order valence-corrected chi connectivity index (χ3v) is 16.0. The van der Waals surface area contributed by atoms with E-state index in [4.69, 9.17) is 9.16 Å². The van der Waals surface area contributed by atoms with Crippen molar-refractivity contribution in [1.82, 2.24) is 0 Å². The van der Waals surface area contributed by atoms with E-state index in [2.05, 4.69) is 78.1 Å². The van der Waals surface area contributed by atoms with Gasteiger partial charge in [0.25, 0.3) is 0 Å². The van der Waals surface area contributed by atoms with E-state index in [1.165, 1.54) is 0 Å². The van der Waals surface area contributed by atoms with Crippen molar-refractivity contribution in [2.75, 3.05) is 0 Å². The second-order valence-corrected chi connectivity index (χ2v) is 19.5. The molecule has 9 atom stereocenters. The molecule has 1 N–H and O–H groups in total. The zero-order valence-electron chi connectivity index (χ0n) is 25.9. The largest absolute Gasteiger partial charge is 0.462 e. The molecular formula is C35H52O4Si. The molecule has 2 fully saturated rings. The van der Waals surface area contributed by atoms with Gasteiger partial charge in [-0.15, -0.1) is 0 Å². The standard InChI is InChI=1S/C35H52O4Si/c1-8-26-16-12-13-23(2)35(37,25-14-10-9-11-15-25)32-21-30-28(31(32)22-33(36)38-26)18-17-24-19-27(20-29(24)30)39-40(6,7)34(3,4)5/h9-11,13-15,17-18,24,26-32,37H,8,12,16,19-22H2,1-7H3/b23-13+/t24-,26-,27-,28-,29-,30-,31-,32-,35-/m1/s1. The van der Waals surface area contributed by atoms with Crippen LogP contribution < -0.4 is 0 Å². The molecule has 220 valence electrons. The Kier molecular flexibility index (Phi) is 8.33. The molecule has 4 aliphatic rings. The second-order valence-electron chi connectivity index (χ2n) is 14.8. The number of esters is 1. The Bertz CT molecular complexity index is 1120. The van der Waals surface area contributed by atoms with Gasteiger partial charge in [0.2, 0.25) is 0 Å². The lowest BCUT2D eigenvalue weighted by molar-refractivity contribution is -0.152. The van der Waals surface area contributed by atoms with Crippen LogP contribution in [0, 0.1) is 35.5 Å². The highest BCUT2D eigenvalue weighted by Gasteiger charge is 2.58. The fourth-order valence-electron chi connectivity index (χ4n) is 8.28. The SMILES string of the molecule is CC[C@@H]1CC/C=C(\C)[C@@](O)(c2ccccc2)[C@@H]2C[C@@H]3[C@@H](C=C[C@@H]4C[C@@H](O[Si](C)(C)C(C)(C)C)C[C@@H]34)[C@H]2CC(=O)O1. The van der Waals surface area contributed by atoms with E-state index in [1.807, 2.05) is 18.2 Å². The van der Waals surface area contributed by atoms with Gasteiger partial charge in [-0.05, 0) is 104 Å². The van der Waals surface area contributed by atoms with Crippen LogP contribution in [-0.2, 0) is 19.6 Å². The van der Waals surface area contributed by atoms with Gasteiger partial charge in [0, 0.05) is 18.4 Å². The Morgan fingerprint density at radius 1 is 1.05 bits per heavy atom. The molecule has 0 aromatic heterocycles. The lowest BCUT2D eigenvalue weighted by atomic mass is 9.69. The van der Waals surface area contributed by atoms with Crippen molar-refractivity contribution in [2.24, 2.45) is 35.5 Å². The number of hydrogen-bond donors (Lipinski definition) is 1. The molecule has 1 aliphatic heterocycles. The molecule has 40 heavy (non-hydrogen) atoms. The van der Waals surface area contributed by atoms with Crippen LogP contribution in [0.1, 0.15) is 85.1 Å². The first-order chi connectivity index (χ1) is 18.8. The maximum Gasteiger partial charge on any atom is 0.306 e. The average Bonchev–Trinajstić information content (AvgIpc) is 3.47. The summed E-state index contributed by atoms with van der Waals surface area (Å²) in [5.74, 6) is 1.67. The number of benzene rings is 1. The molecular weight excluding hydrogens is 512 g/mol. The van der Waals surface area contributed by atoms with Gasteiger partial charge in [-0.3, -0.25) is 4.79 Å². The number of fused-ring (bicyclic) bond motifs is 5. The Morgan fingerprint density at radius 2 is 1.77 bits per heavy atom. The minimum Gasteiger partial charge on any atom is -0.462 e. The first-order valence-electron chi connectivity index (χ1n) is 15.9. The zero-order valence-corrected chi connectivity index (χ0v) is 26.9. The first kappa shape index (κ1) is 29.8. The van der Waals surface area contributed by atoms with E-state index in [0.29, 0.717) is 30.3 Å². The van der Waals surface area contributed by atoms with E-state index < -0.39 is 13.9 Å². The topological polar surface area (TPSA) is 55.8 Å². The second kappa shape index (κ2) is 11.2. The van der Waals surface area contributed by atoms with E-state index in [1.54, 1.807) is 0 Å². The van der Waals surface area contributed by atoms with Gasteiger partial charge in [0.15, 0.2) is 8.32 Å². The highest BCUT2D eigenvalue weighted by atomic mass is 28.4. The lowest BCUT2D eigenvalue weighted by Crippen LogP contribution is -2.43. The van der Waals surface area contributed by atoms with E-state index >= 15 is 0 Å². The molecule has 0 radical (unpaired) electrons. The summed E-state index contributed by atoms with van der Waals surface area (Å²) in [5, 5.41) is 13.0. The van der Waals surface area contributed by atoms with Gasteiger partial charge in [-0.1, -0.05) is 76.3 Å². The van der Waals surface area contributed by atoms with Gasteiger partial charge in [-0.2, -0.15) is 0 Å². The van der Waals surface area contributed by atoms with Crippen LogP contribution in [0.25, 0.3) is 0 Å². The molecule has 5 heteroatoms. The predicted octanol–water partition coefficient (Wildman–Crippen LogP) is 8.18. The molecule has 1 aromatic carbocycles. The number of cyclic esters (lactones) is 1. The summed E-state index contributed by atoms with van der Waals surface area (Å²) in [6.07, 6.45) is 13.2. The third kappa shape index (κ3) is 5.43. The van der Waals surface area contributed by atoms with Gasteiger partial charge in [0.1, 0.15) is 11.7 Å². The summed E-state index contributed by atoms with van der Waals surface area (Å²) in [7, 11) is -1.86. The Labute approximate surface area is 243 Å². The number of carbonyl (C=O) groups is 1. The number of hydrogen-bond acceptors (Lipinski definition) is 4. The predicted molar refractivity (Wildman–Crippen MR) is 164 cm³/mol. The number of allylic oxidation sites excluding steroid dienone is 3. The van der Waals surface area contributed by atoms with Gasteiger partial charge < -0.3 is 14.3 Å². The zero-order chi connectivity index (χ0) is 28.9. The van der Waals surface area contributed by atoms with Crippen molar-refractivity contribution < 1.29 is 19.1 Å². The molecule has 2 saturated carbocycles. The maximum atomic E-state index is 13.4. The Balaban J connectivity index is 1.50. The third-order valence-electron chi connectivity index (χ3n) is 11.5. The summed E-state index contributed by atoms with van der Waals surface area (Å²) >= 11 is 0. The minimum atomic E-state index is -1.86. The fourth-order valence-corrected chi connectivity index (χ4v) is 9.66. The summed E-state index contributed by atoms with van der Waals surface area (Å²) in [6.45, 7) is 15.9. The first-order valence-corrected chi connectivity index (χ1v) is 18.8. The van der Waals surface area contributed by atoms with Crippen molar-refractivity contribution >= 4 is 14.3 Å². The highest BCUT2D eigenvalue weighted by Crippen LogP contribution is 2.61. The summed E-state index contributed by atoms with van der Waals surface area (Å²) in [5.41, 5.74) is 0.861. The molecule has 3 aliphatic carbocycles. The Hall–Kier alpha value is -1.69. The average molecular weight is 565 g/mol. The molecule has 0 amide bonds. The maximum absolute atomic E-state index is 13.4. The van der Waals surface area contributed by atoms with Crippen molar-refractivity contribution in [3.05, 3.63) is 59.7 Å². The Morgan fingerprint density at radius 3 is 2.45 bits per heavy atom. The van der Waals surface area contributed by atoms with Crippen LogP contribution in [0.15, 0.2) is 54.1 Å². The monoisotopic (exact) mass is 564 g/mol. The summed E-state index contributed by atoms with van der Waals surface area (Å²) < 4.78 is 13.0. The number of carbonyl (C=O) groups excluding carboxylic acids is 1. The number of rotatable bonds is 4. The smallest absolute Gasteiger partial charge is 0.306 e. The van der Waals surface area contributed by atoms with Crippen LogP contribution in [0.3, 0.4) is 0 Å². The van der Waals surface area contributed by atoms with Gasteiger partial charge >= 0.3 is 5.97 Å². The van der Waals surface area contributed by atoms with Crippen LogP contribution >= 0.6 is 0 Å².